The molecule has 0 unspecified atom stereocenters. The van der Waals surface area contributed by atoms with Crippen LogP contribution in [0.15, 0.2) is 118 Å². The van der Waals surface area contributed by atoms with Gasteiger partial charge in [-0.25, -0.2) is 0 Å². The van der Waals surface area contributed by atoms with Gasteiger partial charge in [-0.1, -0.05) is 76.6 Å². The third-order valence-electron chi connectivity index (χ3n) is 6.47. The number of furan rings is 1. The Balaban J connectivity index is 0.00000112. The molecule has 35 heavy (non-hydrogen) atoms. The number of hydrogen-bond acceptors (Lipinski definition) is 1. The molecular formula is C30H18BrK2NO. The summed E-state index contributed by atoms with van der Waals surface area (Å²) in [7, 11) is 0. The van der Waals surface area contributed by atoms with E-state index in [1.54, 1.807) is 0 Å². The second-order valence-electron chi connectivity index (χ2n) is 8.32. The molecule has 5 aromatic carbocycles. The summed E-state index contributed by atoms with van der Waals surface area (Å²) in [6, 6.07) is 38.4. The molecule has 0 aliphatic carbocycles. The number of hydrogen-bond donors (Lipinski definition) is 0. The monoisotopic (exact) mass is 565 g/mol. The Hall–Kier alpha value is -0.547. The summed E-state index contributed by atoms with van der Waals surface area (Å²) >= 11 is 6.24. The molecule has 0 aliphatic heterocycles. The van der Waals surface area contributed by atoms with Crippen LogP contribution in [0.25, 0.3) is 60.6 Å². The fourth-order valence-electron chi connectivity index (χ4n) is 5.01. The summed E-state index contributed by atoms with van der Waals surface area (Å²) in [5, 5.41) is 4.73. The van der Waals surface area contributed by atoms with E-state index in [4.69, 9.17) is 4.42 Å². The average Bonchev–Trinajstić information content (AvgIpc) is 3.47. The summed E-state index contributed by atoms with van der Waals surface area (Å²) in [5.74, 6) is 0. The Kier molecular flexibility index (Phi) is 7.55. The fraction of sp³-hybridized carbons (Fsp3) is 0. The number of rotatable bonds is 2. The van der Waals surface area contributed by atoms with E-state index < -0.39 is 0 Å². The third kappa shape index (κ3) is 4.33. The van der Waals surface area contributed by atoms with Gasteiger partial charge in [0.2, 0.25) is 0 Å². The third-order valence-corrected chi connectivity index (χ3v) is 7.13. The van der Waals surface area contributed by atoms with Gasteiger partial charge >= 0.3 is 63.2 Å². The van der Waals surface area contributed by atoms with E-state index in [2.05, 4.69) is 118 Å². The van der Waals surface area contributed by atoms with E-state index >= 15 is 0 Å². The van der Waals surface area contributed by atoms with Crippen LogP contribution in [0.4, 0.5) is 0 Å². The molecule has 0 N–H and O–H groups in total. The van der Waals surface area contributed by atoms with Crippen LogP contribution in [0.5, 0.6) is 0 Å². The van der Waals surface area contributed by atoms with Crippen molar-refractivity contribution in [1.82, 2.24) is 4.57 Å². The zero-order valence-electron chi connectivity index (χ0n) is 19.6. The van der Waals surface area contributed by atoms with E-state index in [9.17, 15) is 0 Å². The Morgan fingerprint density at radius 3 is 2.14 bits per heavy atom. The van der Waals surface area contributed by atoms with Crippen molar-refractivity contribution >= 4 is 123 Å². The van der Waals surface area contributed by atoms with Gasteiger partial charge in [0.25, 0.3) is 0 Å². The summed E-state index contributed by atoms with van der Waals surface area (Å²) in [6.45, 7) is 0. The molecule has 0 bridgehead atoms. The molecule has 0 radical (unpaired) electrons. The molecule has 7 aromatic rings. The first-order chi connectivity index (χ1) is 17.3. The van der Waals surface area contributed by atoms with E-state index in [0.29, 0.717) is 0 Å². The maximum absolute atomic E-state index is 6.36. The summed E-state index contributed by atoms with van der Waals surface area (Å²) in [4.78, 5) is 0. The zero-order valence-corrected chi connectivity index (χ0v) is 27.5. The fourth-order valence-corrected chi connectivity index (χ4v) is 5.54. The second kappa shape index (κ2) is 10.7. The van der Waals surface area contributed by atoms with Gasteiger partial charge < -0.3 is 8.98 Å². The van der Waals surface area contributed by atoms with Crippen molar-refractivity contribution in [3.05, 3.63) is 114 Å². The van der Waals surface area contributed by atoms with Crippen LogP contribution in [-0.2, 0) is 0 Å². The first-order valence-corrected chi connectivity index (χ1v) is 28.8. The molecule has 7 rings (SSSR count). The van der Waals surface area contributed by atoms with E-state index in [1.807, 2.05) is 12.1 Å². The van der Waals surface area contributed by atoms with Crippen molar-refractivity contribution in [2.75, 3.05) is 0 Å². The Labute approximate surface area is 257 Å². The van der Waals surface area contributed by atoms with Gasteiger partial charge in [-0.3, -0.25) is 0 Å². The molecule has 0 amide bonds. The number of fused-ring (bicyclic) bond motifs is 6. The van der Waals surface area contributed by atoms with Crippen molar-refractivity contribution < 1.29 is 4.42 Å². The van der Waals surface area contributed by atoms with Crippen LogP contribution in [-0.4, -0.2) is 67.7 Å². The van der Waals surface area contributed by atoms with Gasteiger partial charge in [-0.05, 0) is 54.1 Å². The number of para-hydroxylation sites is 3. The van der Waals surface area contributed by atoms with Crippen molar-refractivity contribution in [1.29, 1.82) is 0 Å². The van der Waals surface area contributed by atoms with Crippen molar-refractivity contribution in [2.24, 2.45) is 0 Å². The van der Waals surface area contributed by atoms with Crippen LogP contribution < -0.4 is 0 Å². The molecule has 2 nitrogen and oxygen atoms in total. The Morgan fingerprint density at radius 2 is 1.31 bits per heavy atom. The number of nitrogens with zero attached hydrogens (tertiary/aromatic N) is 1. The molecule has 158 valence electrons. The van der Waals surface area contributed by atoms with Crippen LogP contribution in [0.1, 0.15) is 0 Å². The quantitative estimate of drug-likeness (QED) is 0.192. The zero-order chi connectivity index (χ0) is 23.9. The Bertz CT molecular complexity index is 1840. The number of benzene rings is 5. The van der Waals surface area contributed by atoms with E-state index in [0.717, 1.165) is 37.5 Å². The Morgan fingerprint density at radius 1 is 0.629 bits per heavy atom. The predicted octanol–water partition coefficient (Wildman–Crippen LogP) is 8.35. The van der Waals surface area contributed by atoms with E-state index in [1.165, 1.54) is 90.6 Å². The standard InChI is InChI=1S/C30H18BrNO.2K/c31-25-16-15-21(30-29(25)23-11-5-7-13-28(23)33-30)19-14-17-27-24(18-19)22-10-4-6-12-26(22)32(27)20-8-2-1-3-9-20;;/h1-18H;;. The van der Waals surface area contributed by atoms with Crippen LogP contribution in [0.2, 0.25) is 0 Å². The van der Waals surface area contributed by atoms with Gasteiger partial charge in [-0.2, -0.15) is 0 Å². The molecular weight excluding hydrogens is 548 g/mol. The average molecular weight is 567 g/mol. The van der Waals surface area contributed by atoms with Gasteiger partial charge in [0.1, 0.15) is 11.2 Å². The maximum atomic E-state index is 6.36. The van der Waals surface area contributed by atoms with Crippen LogP contribution >= 0.6 is 15.9 Å². The van der Waals surface area contributed by atoms with Gasteiger partial charge in [0, 0.05) is 37.3 Å². The molecule has 0 saturated heterocycles. The summed E-state index contributed by atoms with van der Waals surface area (Å²) < 4.78 is 9.75. The number of halogens is 1. The molecule has 0 spiro atoms. The van der Waals surface area contributed by atoms with Crippen molar-refractivity contribution in [3.8, 4) is 16.8 Å². The summed E-state index contributed by atoms with van der Waals surface area (Å²) in [5.41, 5.74) is 7.64. The number of aromatic nitrogens is 1. The molecule has 2 aromatic heterocycles. The summed E-state index contributed by atoms with van der Waals surface area (Å²) in [6.07, 6.45) is 0. The van der Waals surface area contributed by atoms with Crippen LogP contribution in [0.3, 0.4) is 0 Å². The van der Waals surface area contributed by atoms with Crippen LogP contribution in [0, 0.1) is 0 Å². The molecule has 2 heterocycles. The normalized spacial score (nSPS) is 11.3. The molecule has 0 aliphatic rings. The molecule has 0 atom stereocenters. The minimum absolute atomic E-state index is 0.905. The SMILES string of the molecule is Brc1ccc(-c2ccc3c(c2)c2ccccc2n3-c2ccccc2)c2oc3ccccc3c12.[K][K]. The van der Waals surface area contributed by atoms with Gasteiger partial charge in [-0.15, -0.1) is 0 Å². The van der Waals surface area contributed by atoms with Crippen molar-refractivity contribution in [3.63, 3.8) is 0 Å². The first kappa shape index (κ1) is 24.8. The van der Waals surface area contributed by atoms with E-state index in [-0.39, 0.29) is 0 Å². The first-order valence-electron chi connectivity index (χ1n) is 12.0. The topological polar surface area (TPSA) is 18.1 Å². The minimum atomic E-state index is 0.905. The molecule has 0 fully saturated rings. The molecule has 5 heteroatoms. The molecule has 0 saturated carbocycles. The van der Waals surface area contributed by atoms with Gasteiger partial charge in [0.15, 0.2) is 0 Å². The predicted molar refractivity (Wildman–Crippen MR) is 153 cm³/mol. The van der Waals surface area contributed by atoms with Crippen molar-refractivity contribution in [2.45, 2.75) is 0 Å². The second-order valence-corrected chi connectivity index (χ2v) is 9.17. The van der Waals surface area contributed by atoms with Gasteiger partial charge in [0.05, 0.1) is 11.0 Å².